The molecule has 2 aromatic rings. The van der Waals surface area contributed by atoms with E-state index in [1.807, 2.05) is 0 Å². The van der Waals surface area contributed by atoms with E-state index < -0.39 is 5.97 Å². The summed E-state index contributed by atoms with van der Waals surface area (Å²) in [5.74, 6) is -0.485. The molecule has 0 saturated heterocycles. The summed E-state index contributed by atoms with van der Waals surface area (Å²) in [7, 11) is 0. The molecule has 0 saturated carbocycles. The molecule has 0 amide bonds. The summed E-state index contributed by atoms with van der Waals surface area (Å²) in [4.78, 5) is 10.8. The third kappa shape index (κ3) is 2.80. The Labute approximate surface area is 108 Å². The molecule has 0 unspecified atom stereocenters. The number of rotatable bonds is 6. The average Bonchev–Trinajstić information content (AvgIpc) is 2.92. The third-order valence-corrected chi connectivity index (χ3v) is 2.35. The lowest BCUT2D eigenvalue weighted by Gasteiger charge is -2.11. The summed E-state index contributed by atoms with van der Waals surface area (Å²) in [6, 6.07) is 3.21. The maximum Gasteiger partial charge on any atom is 0.330 e. The summed E-state index contributed by atoms with van der Waals surface area (Å²) in [6.07, 6.45) is 1.09. The van der Waals surface area contributed by atoms with E-state index in [9.17, 15) is 10.0 Å². The van der Waals surface area contributed by atoms with Gasteiger partial charge in [-0.15, -0.1) is 0 Å². The molecule has 2 rings (SSSR count). The molecular weight excluding hydrogens is 252 g/mol. The van der Waals surface area contributed by atoms with Crippen LogP contribution >= 0.6 is 0 Å². The Morgan fingerprint density at radius 2 is 2.11 bits per heavy atom. The van der Waals surface area contributed by atoms with Crippen molar-refractivity contribution in [2.24, 2.45) is 0 Å². The number of ether oxygens (including phenoxy) is 1. The van der Waals surface area contributed by atoms with E-state index in [1.54, 1.807) is 17.6 Å². The van der Waals surface area contributed by atoms with Crippen LogP contribution in [0.25, 0.3) is 11.0 Å². The van der Waals surface area contributed by atoms with Gasteiger partial charge in [0.2, 0.25) is 0 Å². The first-order valence-electron chi connectivity index (χ1n) is 5.42. The fraction of sp³-hybridized carbons (Fsp3) is 0.182. The second-order valence-corrected chi connectivity index (χ2v) is 3.52. The van der Waals surface area contributed by atoms with E-state index in [0.29, 0.717) is 23.3 Å². The Hall–Kier alpha value is -2.61. The van der Waals surface area contributed by atoms with Crippen LogP contribution in [0, 0.1) is 5.21 Å². The van der Waals surface area contributed by atoms with Crippen LogP contribution < -0.4 is 10.8 Å². The molecule has 19 heavy (non-hydrogen) atoms. The lowest BCUT2D eigenvalue weighted by molar-refractivity contribution is -0.137. The summed E-state index contributed by atoms with van der Waals surface area (Å²) in [6.45, 7) is 3.85. The van der Waals surface area contributed by atoms with Crippen LogP contribution in [0.3, 0.4) is 0 Å². The number of carbonyl (C=O) groups is 1. The van der Waals surface area contributed by atoms with Crippen molar-refractivity contribution in [3.05, 3.63) is 30.0 Å². The molecule has 0 atom stereocenters. The Morgan fingerprint density at radius 3 is 2.79 bits per heavy atom. The predicted octanol–water partition coefficient (Wildman–Crippen LogP) is 1.27. The van der Waals surface area contributed by atoms with Crippen molar-refractivity contribution < 1.29 is 14.2 Å². The Balaban J connectivity index is 2.03. The second kappa shape index (κ2) is 5.83. The van der Waals surface area contributed by atoms with Gasteiger partial charge in [0.05, 0.1) is 11.4 Å². The first-order valence-corrected chi connectivity index (χ1v) is 5.42. The maximum atomic E-state index is 10.8. The van der Waals surface area contributed by atoms with E-state index in [0.717, 1.165) is 6.08 Å². The number of hydrogen-bond acceptors (Lipinski definition) is 8. The molecule has 100 valence electrons. The van der Waals surface area contributed by atoms with Gasteiger partial charge in [-0.2, -0.15) is 0 Å². The predicted molar refractivity (Wildman–Crippen MR) is 68.4 cm³/mol. The first-order chi connectivity index (χ1) is 9.26. The molecule has 2 N–H and O–H groups in total. The van der Waals surface area contributed by atoms with Gasteiger partial charge in [-0.25, -0.2) is 9.42 Å². The molecule has 0 spiro atoms. The molecule has 0 radical (unpaired) electrons. The highest BCUT2D eigenvalue weighted by Gasteiger charge is 2.09. The molecule has 0 aliphatic heterocycles. The van der Waals surface area contributed by atoms with E-state index in [2.05, 4.69) is 26.8 Å². The Bertz CT molecular complexity index is 595. The van der Waals surface area contributed by atoms with Gasteiger partial charge in [-0.1, -0.05) is 6.58 Å². The summed E-state index contributed by atoms with van der Waals surface area (Å²) >= 11 is 0. The minimum atomic E-state index is -0.485. The number of nitrogens with zero attached hydrogens (tertiary/aromatic N) is 2. The van der Waals surface area contributed by atoms with Gasteiger partial charge in [0.25, 0.3) is 0 Å². The van der Waals surface area contributed by atoms with Crippen molar-refractivity contribution in [3.63, 3.8) is 0 Å². The highest BCUT2D eigenvalue weighted by atomic mass is 16.6. The van der Waals surface area contributed by atoms with Crippen molar-refractivity contribution in [2.45, 2.75) is 0 Å². The zero-order valence-electron chi connectivity index (χ0n) is 9.88. The van der Waals surface area contributed by atoms with Crippen LogP contribution in [0.4, 0.5) is 11.4 Å². The highest BCUT2D eigenvalue weighted by Crippen LogP contribution is 2.26. The maximum absolute atomic E-state index is 10.8. The molecule has 8 nitrogen and oxygen atoms in total. The average molecular weight is 263 g/mol. The number of anilines is 2. The molecule has 1 aromatic heterocycles. The number of aromatic nitrogens is 2. The fourth-order valence-electron chi connectivity index (χ4n) is 1.49. The van der Waals surface area contributed by atoms with Crippen LogP contribution in [0.2, 0.25) is 0 Å². The monoisotopic (exact) mass is 263 g/mol. The minimum absolute atomic E-state index is 0.180. The largest absolute Gasteiger partial charge is 0.761 e. The van der Waals surface area contributed by atoms with Gasteiger partial charge >= 0.3 is 5.97 Å². The summed E-state index contributed by atoms with van der Waals surface area (Å²) in [5, 5.41) is 21.0. The van der Waals surface area contributed by atoms with Crippen LogP contribution in [-0.2, 0) is 9.53 Å². The Morgan fingerprint density at radius 1 is 1.42 bits per heavy atom. The van der Waals surface area contributed by atoms with Gasteiger partial charge in [-0.05, 0) is 22.4 Å². The van der Waals surface area contributed by atoms with Crippen LogP contribution in [0.1, 0.15) is 0 Å². The van der Waals surface area contributed by atoms with Gasteiger partial charge in [-0.3, -0.25) is 0 Å². The topological polar surface area (TPSA) is 112 Å². The number of carbonyl (C=O) groups excluding carboxylic acids is 1. The van der Waals surface area contributed by atoms with Crippen molar-refractivity contribution >= 4 is 28.4 Å². The van der Waals surface area contributed by atoms with E-state index in [1.165, 1.54) is 0 Å². The lowest BCUT2D eigenvalue weighted by atomic mass is 10.2. The molecule has 0 bridgehead atoms. The second-order valence-electron chi connectivity index (χ2n) is 3.52. The molecular formula is C11H11N4O4-. The Kier molecular flexibility index (Phi) is 3.94. The smallest absolute Gasteiger partial charge is 0.330 e. The van der Waals surface area contributed by atoms with Crippen molar-refractivity contribution in [3.8, 4) is 0 Å². The van der Waals surface area contributed by atoms with Gasteiger partial charge < -0.3 is 20.7 Å². The third-order valence-electron chi connectivity index (χ3n) is 2.35. The minimum Gasteiger partial charge on any atom is -0.761 e. The summed E-state index contributed by atoms with van der Waals surface area (Å²) in [5.41, 5.74) is 3.42. The van der Waals surface area contributed by atoms with E-state index in [-0.39, 0.29) is 12.3 Å². The fourth-order valence-corrected chi connectivity index (χ4v) is 1.49. The number of esters is 1. The first kappa shape index (κ1) is 12.8. The lowest BCUT2D eigenvalue weighted by Crippen LogP contribution is -2.12. The molecule has 1 aromatic carbocycles. The van der Waals surface area contributed by atoms with Gasteiger partial charge in [0.15, 0.2) is 11.0 Å². The normalized spacial score (nSPS) is 10.2. The number of fused-ring (bicyclic) bond motifs is 1. The standard InChI is InChI=1S/C11H11N4O4/c1-2-9(16)18-6-5-12-7-3-4-8(13-17)11-10(7)14-19-15-11/h2-4,12-13H,1,5-6H2/q-1. The van der Waals surface area contributed by atoms with Crippen molar-refractivity contribution in [2.75, 3.05) is 23.9 Å². The van der Waals surface area contributed by atoms with Crippen LogP contribution in [-0.4, -0.2) is 29.4 Å². The summed E-state index contributed by atoms with van der Waals surface area (Å²) < 4.78 is 9.40. The zero-order valence-corrected chi connectivity index (χ0v) is 9.88. The molecule has 8 heteroatoms. The van der Waals surface area contributed by atoms with Gasteiger partial charge in [0.1, 0.15) is 6.61 Å². The zero-order chi connectivity index (χ0) is 13.7. The van der Waals surface area contributed by atoms with E-state index in [4.69, 9.17) is 4.74 Å². The molecule has 1 heterocycles. The van der Waals surface area contributed by atoms with Crippen LogP contribution in [0.5, 0.6) is 0 Å². The number of nitrogens with one attached hydrogen (secondary N) is 2. The molecule has 0 aliphatic carbocycles. The van der Waals surface area contributed by atoms with Gasteiger partial charge in [0, 0.05) is 12.6 Å². The number of hydrogen-bond donors (Lipinski definition) is 2. The van der Waals surface area contributed by atoms with Crippen molar-refractivity contribution in [1.82, 2.24) is 10.3 Å². The molecule has 0 fully saturated rings. The van der Waals surface area contributed by atoms with E-state index >= 15 is 0 Å². The molecule has 0 aliphatic rings. The van der Waals surface area contributed by atoms with Crippen molar-refractivity contribution in [1.29, 1.82) is 0 Å². The SMILES string of the molecule is C=CC(=O)OCCNc1ccc(N[O-])c2nonc12. The number of benzene rings is 1. The highest BCUT2D eigenvalue weighted by molar-refractivity contribution is 5.95. The quantitative estimate of drug-likeness (QED) is 0.347. The van der Waals surface area contributed by atoms with Crippen LogP contribution in [0.15, 0.2) is 29.4 Å².